The maximum atomic E-state index is 10.6. The molecule has 0 spiro atoms. The fourth-order valence-electron chi connectivity index (χ4n) is 1.31. The first-order chi connectivity index (χ1) is 7.25. The summed E-state index contributed by atoms with van der Waals surface area (Å²) in [5.74, 6) is 0.166. The van der Waals surface area contributed by atoms with Crippen LogP contribution in [0.4, 0.5) is 0 Å². The Hall–Kier alpha value is -1.46. The van der Waals surface area contributed by atoms with Gasteiger partial charge in [-0.3, -0.25) is 0 Å². The average Bonchev–Trinajstić information content (AvgIpc) is 2.71. The maximum Gasteiger partial charge on any atom is 0.157 e. The Morgan fingerprint density at radius 3 is 2.60 bits per heavy atom. The predicted octanol–water partition coefficient (Wildman–Crippen LogP) is 1.59. The molecular weight excluding hydrogens is 212 g/mol. The lowest BCUT2D eigenvalue weighted by Gasteiger charge is -2.02. The number of aromatic nitrogens is 2. The normalized spacial score (nSPS) is 12.6. The van der Waals surface area contributed by atoms with Gasteiger partial charge in [-0.15, -0.1) is 0 Å². The zero-order valence-corrected chi connectivity index (χ0v) is 8.72. The first kappa shape index (κ1) is 10.1. The highest BCUT2D eigenvalue weighted by Crippen LogP contribution is 2.09. The second-order valence-electron chi connectivity index (χ2n) is 3.08. The molecule has 0 aliphatic heterocycles. The van der Waals surface area contributed by atoms with Crippen molar-refractivity contribution in [2.45, 2.75) is 5.75 Å². The molecule has 0 aliphatic rings. The summed E-state index contributed by atoms with van der Waals surface area (Å²) in [6, 6.07) is 9.23. The molecule has 1 aromatic heterocycles. The Labute approximate surface area is 89.8 Å². The highest BCUT2D eigenvalue weighted by atomic mass is 32.2. The maximum absolute atomic E-state index is 10.6. The van der Waals surface area contributed by atoms with Crippen LogP contribution >= 0.6 is 0 Å². The molecule has 0 aliphatic carbocycles. The van der Waals surface area contributed by atoms with E-state index in [9.17, 15) is 4.21 Å². The van der Waals surface area contributed by atoms with Crippen LogP contribution in [0.1, 0.15) is 5.56 Å². The first-order valence-corrected chi connectivity index (χ1v) is 5.70. The van der Waals surface area contributed by atoms with Crippen LogP contribution in [0.15, 0.2) is 42.7 Å². The molecule has 2 rings (SSSR count). The molecule has 15 heavy (non-hydrogen) atoms. The number of nitrogens with zero attached hydrogens (tertiary/aromatic N) is 2. The first-order valence-electron chi connectivity index (χ1n) is 4.42. The molecule has 0 bridgehead atoms. The van der Waals surface area contributed by atoms with Crippen LogP contribution in [-0.4, -0.2) is 18.5 Å². The highest BCUT2D eigenvalue weighted by Gasteiger charge is 1.99. The summed E-state index contributed by atoms with van der Waals surface area (Å²) in [6.45, 7) is 0. The second-order valence-corrected chi connectivity index (χ2v) is 4.01. The van der Waals surface area contributed by atoms with Gasteiger partial charge in [0.05, 0.1) is 11.4 Å². The van der Waals surface area contributed by atoms with Crippen molar-refractivity contribution in [1.82, 2.24) is 9.78 Å². The summed E-state index contributed by atoms with van der Waals surface area (Å²) in [4.78, 5) is 0. The van der Waals surface area contributed by atoms with E-state index in [1.165, 1.54) is 0 Å². The lowest BCUT2D eigenvalue weighted by Crippen LogP contribution is -1.96. The van der Waals surface area contributed by atoms with Gasteiger partial charge >= 0.3 is 0 Å². The topological polar surface area (TPSA) is 55.1 Å². The molecule has 0 radical (unpaired) electrons. The van der Waals surface area contributed by atoms with Crippen molar-refractivity contribution in [3.8, 4) is 5.69 Å². The van der Waals surface area contributed by atoms with Gasteiger partial charge in [-0.05, 0) is 23.8 Å². The van der Waals surface area contributed by atoms with Gasteiger partial charge in [0, 0.05) is 12.4 Å². The Bertz CT molecular complexity index is 451. The molecule has 0 amide bonds. The van der Waals surface area contributed by atoms with Crippen LogP contribution in [0, 0.1) is 0 Å². The summed E-state index contributed by atoms with van der Waals surface area (Å²) in [7, 11) is 0. The SMILES string of the molecule is O=S(O)Cc1ccc(-n2cccn2)cc1. The van der Waals surface area contributed by atoms with Crippen LogP contribution in [0.2, 0.25) is 0 Å². The van der Waals surface area contributed by atoms with Gasteiger partial charge < -0.3 is 4.55 Å². The van der Waals surface area contributed by atoms with Gasteiger partial charge in [-0.1, -0.05) is 12.1 Å². The molecule has 1 aromatic carbocycles. The number of rotatable bonds is 3. The number of hydrogen-bond acceptors (Lipinski definition) is 2. The van der Waals surface area contributed by atoms with Crippen LogP contribution in [0.25, 0.3) is 5.69 Å². The molecular formula is C10H10N2O2S. The van der Waals surface area contributed by atoms with E-state index in [0.717, 1.165) is 11.3 Å². The smallest absolute Gasteiger partial charge is 0.157 e. The molecule has 2 aromatic rings. The van der Waals surface area contributed by atoms with Gasteiger partial charge in [0.2, 0.25) is 0 Å². The van der Waals surface area contributed by atoms with E-state index in [-0.39, 0.29) is 5.75 Å². The number of hydrogen-bond donors (Lipinski definition) is 1. The van der Waals surface area contributed by atoms with E-state index in [1.54, 1.807) is 10.9 Å². The summed E-state index contributed by atoms with van der Waals surface area (Å²) in [6.07, 6.45) is 3.55. The molecule has 78 valence electrons. The van der Waals surface area contributed by atoms with Crippen molar-refractivity contribution in [2.24, 2.45) is 0 Å². The molecule has 1 heterocycles. The molecule has 1 N–H and O–H groups in total. The molecule has 0 saturated carbocycles. The van der Waals surface area contributed by atoms with E-state index in [4.69, 9.17) is 4.55 Å². The molecule has 0 fully saturated rings. The van der Waals surface area contributed by atoms with E-state index in [0.29, 0.717) is 0 Å². The minimum atomic E-state index is -1.78. The van der Waals surface area contributed by atoms with Gasteiger partial charge in [0.15, 0.2) is 11.1 Å². The number of benzene rings is 1. The van der Waals surface area contributed by atoms with Gasteiger partial charge in [-0.2, -0.15) is 5.10 Å². The van der Waals surface area contributed by atoms with E-state index in [1.807, 2.05) is 36.5 Å². The zero-order chi connectivity index (χ0) is 10.7. The Morgan fingerprint density at radius 1 is 1.33 bits per heavy atom. The minimum Gasteiger partial charge on any atom is -0.306 e. The van der Waals surface area contributed by atoms with Gasteiger partial charge in [0.1, 0.15) is 0 Å². The molecule has 0 saturated heterocycles. The Balaban J connectivity index is 2.21. The lowest BCUT2D eigenvalue weighted by atomic mass is 10.2. The molecule has 5 heteroatoms. The van der Waals surface area contributed by atoms with Crippen molar-refractivity contribution in [3.63, 3.8) is 0 Å². The Kier molecular flexibility index (Phi) is 2.94. The largest absolute Gasteiger partial charge is 0.306 e. The third-order valence-corrected chi connectivity index (χ3v) is 2.58. The summed E-state index contributed by atoms with van der Waals surface area (Å²) < 4.78 is 21.0. The third kappa shape index (κ3) is 2.51. The molecule has 4 nitrogen and oxygen atoms in total. The van der Waals surface area contributed by atoms with Crippen LogP contribution < -0.4 is 0 Å². The summed E-state index contributed by atoms with van der Waals surface area (Å²) in [5, 5.41) is 4.08. The van der Waals surface area contributed by atoms with Crippen LogP contribution in [-0.2, 0) is 16.8 Å². The highest BCUT2D eigenvalue weighted by molar-refractivity contribution is 7.78. The predicted molar refractivity (Wildman–Crippen MR) is 58.0 cm³/mol. The zero-order valence-electron chi connectivity index (χ0n) is 7.91. The third-order valence-electron chi connectivity index (χ3n) is 2.00. The van der Waals surface area contributed by atoms with Gasteiger partial charge in [-0.25, -0.2) is 8.89 Å². The monoisotopic (exact) mass is 222 g/mol. The van der Waals surface area contributed by atoms with E-state index >= 15 is 0 Å². The fourth-order valence-corrected chi connectivity index (χ4v) is 1.79. The molecule has 1 atom stereocenters. The minimum absolute atomic E-state index is 0.166. The van der Waals surface area contributed by atoms with Crippen molar-refractivity contribution in [3.05, 3.63) is 48.3 Å². The second kappa shape index (κ2) is 4.37. The van der Waals surface area contributed by atoms with E-state index in [2.05, 4.69) is 5.10 Å². The van der Waals surface area contributed by atoms with Crippen molar-refractivity contribution in [1.29, 1.82) is 0 Å². The van der Waals surface area contributed by atoms with Crippen molar-refractivity contribution < 1.29 is 8.76 Å². The standard InChI is InChI=1S/C10H10N2O2S/c13-15(14)8-9-2-4-10(5-3-9)12-7-1-6-11-12/h1-7H,8H2,(H,13,14). The fraction of sp³-hybridized carbons (Fsp3) is 0.100. The Morgan fingerprint density at radius 2 is 2.07 bits per heavy atom. The quantitative estimate of drug-likeness (QED) is 0.802. The average molecular weight is 222 g/mol. The van der Waals surface area contributed by atoms with Crippen LogP contribution in [0.3, 0.4) is 0 Å². The van der Waals surface area contributed by atoms with Gasteiger partial charge in [0.25, 0.3) is 0 Å². The van der Waals surface area contributed by atoms with Crippen LogP contribution in [0.5, 0.6) is 0 Å². The van der Waals surface area contributed by atoms with E-state index < -0.39 is 11.1 Å². The summed E-state index contributed by atoms with van der Waals surface area (Å²) >= 11 is -1.78. The summed E-state index contributed by atoms with van der Waals surface area (Å²) in [5.41, 5.74) is 1.78. The molecule has 1 unspecified atom stereocenters. The lowest BCUT2D eigenvalue weighted by molar-refractivity contribution is 0.563. The van der Waals surface area contributed by atoms with Crippen molar-refractivity contribution >= 4 is 11.1 Å². The van der Waals surface area contributed by atoms with Crippen molar-refractivity contribution in [2.75, 3.05) is 0 Å².